The molecule has 0 atom stereocenters. The molecule has 2 amide bonds. The van der Waals surface area contributed by atoms with Gasteiger partial charge in [0.15, 0.2) is 0 Å². The van der Waals surface area contributed by atoms with Crippen molar-refractivity contribution in [2.75, 3.05) is 23.9 Å². The zero-order valence-electron chi connectivity index (χ0n) is 11.8. The monoisotopic (exact) mass is 330 g/mol. The van der Waals surface area contributed by atoms with E-state index in [2.05, 4.69) is 16.9 Å². The fourth-order valence-corrected chi connectivity index (χ4v) is 2.38. The lowest BCUT2D eigenvalue weighted by molar-refractivity contribution is 0.0697. The van der Waals surface area contributed by atoms with Crippen LogP contribution >= 0.6 is 23.4 Å². The van der Waals surface area contributed by atoms with Crippen LogP contribution in [0.15, 0.2) is 18.2 Å². The van der Waals surface area contributed by atoms with Crippen LogP contribution in [0.3, 0.4) is 0 Å². The number of amides is 2. The van der Waals surface area contributed by atoms with Crippen molar-refractivity contribution < 1.29 is 14.7 Å². The Labute approximate surface area is 133 Å². The molecule has 0 fully saturated rings. The summed E-state index contributed by atoms with van der Waals surface area (Å²) >= 11 is 7.58. The molecular formula is C14H19ClN2O3S. The largest absolute Gasteiger partial charge is 0.478 e. The topological polar surface area (TPSA) is 78.4 Å². The molecule has 0 bridgehead atoms. The highest BCUT2D eigenvalue weighted by Crippen LogP contribution is 2.20. The van der Waals surface area contributed by atoms with Crippen molar-refractivity contribution in [1.29, 1.82) is 0 Å². The van der Waals surface area contributed by atoms with Gasteiger partial charge in [-0.2, -0.15) is 11.8 Å². The van der Waals surface area contributed by atoms with Gasteiger partial charge in [-0.05, 0) is 43.0 Å². The number of anilines is 1. The first kappa shape index (κ1) is 17.7. The van der Waals surface area contributed by atoms with Crippen molar-refractivity contribution in [3.8, 4) is 0 Å². The molecule has 0 aliphatic rings. The predicted octanol–water partition coefficient (Wildman–Crippen LogP) is 3.69. The number of carboxylic acids is 1. The maximum absolute atomic E-state index is 11.7. The van der Waals surface area contributed by atoms with Gasteiger partial charge in [0.05, 0.1) is 10.6 Å². The third kappa shape index (κ3) is 6.73. The van der Waals surface area contributed by atoms with Crippen LogP contribution in [0, 0.1) is 0 Å². The molecule has 116 valence electrons. The van der Waals surface area contributed by atoms with Crippen LogP contribution in [-0.4, -0.2) is 35.7 Å². The summed E-state index contributed by atoms with van der Waals surface area (Å²) < 4.78 is 0. The van der Waals surface area contributed by atoms with Crippen molar-refractivity contribution in [3.05, 3.63) is 28.8 Å². The van der Waals surface area contributed by atoms with Crippen molar-refractivity contribution in [1.82, 2.24) is 5.32 Å². The summed E-state index contributed by atoms with van der Waals surface area (Å²) in [6.45, 7) is 0.597. The number of carbonyl (C=O) groups is 2. The average molecular weight is 331 g/mol. The van der Waals surface area contributed by atoms with E-state index in [1.165, 1.54) is 12.1 Å². The molecule has 0 radical (unpaired) electrons. The molecule has 1 rings (SSSR count). The summed E-state index contributed by atoms with van der Waals surface area (Å²) in [5, 5.41) is 14.4. The minimum Gasteiger partial charge on any atom is -0.478 e. The maximum Gasteiger partial charge on any atom is 0.337 e. The fraction of sp³-hybridized carbons (Fsp3) is 0.429. The Hall–Kier alpha value is -1.40. The molecular weight excluding hydrogens is 312 g/mol. The molecule has 1 aromatic carbocycles. The fourth-order valence-electron chi connectivity index (χ4n) is 1.69. The first-order valence-corrected chi connectivity index (χ1v) is 8.38. The van der Waals surface area contributed by atoms with Gasteiger partial charge in [0.25, 0.3) is 0 Å². The first-order valence-electron chi connectivity index (χ1n) is 6.61. The second-order valence-corrected chi connectivity index (χ2v) is 5.83. The summed E-state index contributed by atoms with van der Waals surface area (Å²) in [6.07, 6.45) is 5.22. The summed E-state index contributed by atoms with van der Waals surface area (Å²) in [5.41, 5.74) is 0.364. The molecule has 3 N–H and O–H groups in total. The number of thioether (sulfide) groups is 1. The number of urea groups is 1. The number of unbranched alkanes of at least 4 members (excludes halogenated alkanes) is 2. The van der Waals surface area contributed by atoms with E-state index >= 15 is 0 Å². The van der Waals surface area contributed by atoms with Crippen LogP contribution in [0.1, 0.15) is 29.6 Å². The number of rotatable bonds is 8. The van der Waals surface area contributed by atoms with E-state index in [1.807, 2.05) is 11.8 Å². The minimum absolute atomic E-state index is 0.0356. The molecule has 7 heteroatoms. The van der Waals surface area contributed by atoms with Crippen molar-refractivity contribution >= 4 is 41.1 Å². The zero-order chi connectivity index (χ0) is 15.7. The summed E-state index contributed by atoms with van der Waals surface area (Å²) in [6, 6.07) is 4.00. The van der Waals surface area contributed by atoms with Crippen LogP contribution in [0.2, 0.25) is 5.02 Å². The molecule has 0 saturated carbocycles. The molecule has 21 heavy (non-hydrogen) atoms. The highest BCUT2D eigenvalue weighted by atomic mass is 35.5. The standard InChI is InChI=1S/C14H19ClN2O3S/c1-21-8-4-2-3-7-16-14(20)17-10-5-6-12(15)11(9-10)13(18)19/h5-6,9H,2-4,7-8H2,1H3,(H,18,19)(H2,16,17,20). The second-order valence-electron chi connectivity index (χ2n) is 4.43. The van der Waals surface area contributed by atoms with E-state index in [-0.39, 0.29) is 16.6 Å². The Kier molecular flexibility index (Phi) is 8.00. The highest BCUT2D eigenvalue weighted by molar-refractivity contribution is 7.98. The van der Waals surface area contributed by atoms with E-state index < -0.39 is 5.97 Å². The number of carbonyl (C=O) groups excluding carboxylic acids is 1. The van der Waals surface area contributed by atoms with Crippen LogP contribution in [0.25, 0.3) is 0 Å². The van der Waals surface area contributed by atoms with E-state index in [1.54, 1.807) is 6.07 Å². The normalized spacial score (nSPS) is 10.2. The number of aromatic carboxylic acids is 1. The number of hydrogen-bond donors (Lipinski definition) is 3. The first-order chi connectivity index (χ1) is 10.0. The van der Waals surface area contributed by atoms with Crippen molar-refractivity contribution in [2.45, 2.75) is 19.3 Å². The average Bonchev–Trinajstić information content (AvgIpc) is 2.44. The van der Waals surface area contributed by atoms with Crippen LogP contribution in [-0.2, 0) is 0 Å². The van der Waals surface area contributed by atoms with E-state index in [0.717, 1.165) is 25.0 Å². The third-order valence-electron chi connectivity index (χ3n) is 2.77. The molecule has 0 aliphatic heterocycles. The highest BCUT2D eigenvalue weighted by Gasteiger charge is 2.10. The summed E-state index contributed by atoms with van der Waals surface area (Å²) in [4.78, 5) is 22.6. The van der Waals surface area contributed by atoms with E-state index in [4.69, 9.17) is 16.7 Å². The lowest BCUT2D eigenvalue weighted by Crippen LogP contribution is -2.29. The van der Waals surface area contributed by atoms with Gasteiger partial charge in [0.2, 0.25) is 0 Å². The Balaban J connectivity index is 2.38. The number of nitrogens with one attached hydrogen (secondary N) is 2. The van der Waals surface area contributed by atoms with Crippen LogP contribution in [0.5, 0.6) is 0 Å². The smallest absolute Gasteiger partial charge is 0.337 e. The quantitative estimate of drug-likeness (QED) is 0.635. The number of carboxylic acid groups (broad SMARTS) is 1. The third-order valence-corrected chi connectivity index (χ3v) is 3.79. The molecule has 0 aromatic heterocycles. The Morgan fingerprint density at radius 2 is 2.05 bits per heavy atom. The Morgan fingerprint density at radius 1 is 1.29 bits per heavy atom. The van der Waals surface area contributed by atoms with Gasteiger partial charge < -0.3 is 15.7 Å². The van der Waals surface area contributed by atoms with Gasteiger partial charge in [-0.1, -0.05) is 18.0 Å². The summed E-state index contributed by atoms with van der Waals surface area (Å²) in [5.74, 6) is 0.00688. The molecule has 0 spiro atoms. The molecule has 5 nitrogen and oxygen atoms in total. The number of hydrogen-bond acceptors (Lipinski definition) is 3. The lowest BCUT2D eigenvalue weighted by atomic mass is 10.2. The summed E-state index contributed by atoms with van der Waals surface area (Å²) in [7, 11) is 0. The molecule has 1 aromatic rings. The Morgan fingerprint density at radius 3 is 2.71 bits per heavy atom. The van der Waals surface area contributed by atoms with Gasteiger partial charge >= 0.3 is 12.0 Å². The second kappa shape index (κ2) is 9.52. The van der Waals surface area contributed by atoms with Crippen LogP contribution < -0.4 is 10.6 Å². The van der Waals surface area contributed by atoms with Gasteiger partial charge in [-0.3, -0.25) is 0 Å². The molecule has 0 unspecified atom stereocenters. The lowest BCUT2D eigenvalue weighted by Gasteiger charge is -2.08. The SMILES string of the molecule is CSCCCCCNC(=O)Nc1ccc(Cl)c(C(=O)O)c1. The van der Waals surface area contributed by atoms with Crippen molar-refractivity contribution in [3.63, 3.8) is 0 Å². The van der Waals surface area contributed by atoms with Gasteiger partial charge in [0, 0.05) is 12.2 Å². The van der Waals surface area contributed by atoms with Gasteiger partial charge in [-0.25, -0.2) is 9.59 Å². The molecule has 0 aliphatic carbocycles. The predicted molar refractivity (Wildman–Crippen MR) is 87.7 cm³/mol. The maximum atomic E-state index is 11.7. The van der Waals surface area contributed by atoms with E-state index in [9.17, 15) is 9.59 Å². The van der Waals surface area contributed by atoms with Crippen molar-refractivity contribution in [2.24, 2.45) is 0 Å². The van der Waals surface area contributed by atoms with Crippen LogP contribution in [0.4, 0.5) is 10.5 Å². The number of halogens is 1. The van der Waals surface area contributed by atoms with E-state index in [0.29, 0.717) is 12.2 Å². The minimum atomic E-state index is -1.13. The van der Waals surface area contributed by atoms with Gasteiger partial charge in [0.1, 0.15) is 0 Å². The van der Waals surface area contributed by atoms with Gasteiger partial charge in [-0.15, -0.1) is 0 Å². The molecule has 0 heterocycles. The number of benzene rings is 1. The molecule has 0 saturated heterocycles. The zero-order valence-corrected chi connectivity index (χ0v) is 13.4. The Bertz CT molecular complexity index is 497.